The van der Waals surface area contributed by atoms with E-state index in [2.05, 4.69) is 20.3 Å². The van der Waals surface area contributed by atoms with Crippen LogP contribution in [-0.4, -0.2) is 78.0 Å². The average Bonchev–Trinajstić information content (AvgIpc) is 3.17. The molecule has 136 valence electrons. The van der Waals surface area contributed by atoms with Gasteiger partial charge in [0.15, 0.2) is 23.2 Å². The second-order valence-corrected chi connectivity index (χ2v) is 5.86. The van der Waals surface area contributed by atoms with Crippen LogP contribution in [0, 0.1) is 0 Å². The number of nitrogens with one attached hydrogen (secondary N) is 1. The molecule has 25 heavy (non-hydrogen) atoms. The van der Waals surface area contributed by atoms with Crippen LogP contribution in [0.2, 0.25) is 0 Å². The molecular formula is C15H21N5O5. The van der Waals surface area contributed by atoms with Gasteiger partial charge in [0.1, 0.15) is 24.6 Å². The van der Waals surface area contributed by atoms with Crippen LogP contribution in [0.25, 0.3) is 11.2 Å². The minimum atomic E-state index is -1.21. The monoisotopic (exact) mass is 351 g/mol. The lowest BCUT2D eigenvalue weighted by molar-refractivity contribution is -0.0511. The van der Waals surface area contributed by atoms with Crippen molar-refractivity contribution in [3.8, 4) is 0 Å². The predicted octanol–water partition coefficient (Wildman–Crippen LogP) is -1.21. The maximum atomic E-state index is 10.2. The average molecular weight is 351 g/mol. The van der Waals surface area contributed by atoms with Crippen molar-refractivity contribution in [2.75, 3.05) is 25.1 Å². The third-order valence-corrected chi connectivity index (χ3v) is 4.12. The number of nitrogens with zero attached hydrogens (tertiary/aromatic N) is 4. The predicted molar refractivity (Wildman–Crippen MR) is 87.7 cm³/mol. The fraction of sp³-hybridized carbons (Fsp3) is 0.533. The highest BCUT2D eigenvalue weighted by atomic mass is 16.6. The standard InChI is InChI=1S/C15H21N5O5/c1-8(4-21)2-3-16-13-10-14(18-6-17-13)20(7-19-10)15-12(24)11(23)9(5-22)25-15/h2,6-7,9,11-12,15,21-24H,3-5H2,1H3,(H,16,17,18)/t9-,11+,12-,15+/m0/s1. The first kappa shape index (κ1) is 17.7. The van der Waals surface area contributed by atoms with Crippen molar-refractivity contribution >= 4 is 17.0 Å². The quantitative estimate of drug-likeness (QED) is 0.404. The number of imidazole rings is 1. The molecule has 5 N–H and O–H groups in total. The third kappa shape index (κ3) is 3.34. The topological polar surface area (TPSA) is 146 Å². The molecule has 0 unspecified atom stereocenters. The molecule has 0 aliphatic carbocycles. The van der Waals surface area contributed by atoms with Gasteiger partial charge in [-0.15, -0.1) is 0 Å². The normalized spacial score (nSPS) is 27.2. The fourth-order valence-electron chi connectivity index (χ4n) is 2.66. The first-order chi connectivity index (χ1) is 12.1. The summed E-state index contributed by atoms with van der Waals surface area (Å²) in [6, 6.07) is 0. The Morgan fingerprint density at radius 2 is 2.08 bits per heavy atom. The summed E-state index contributed by atoms with van der Waals surface area (Å²) in [5.41, 5.74) is 1.74. The van der Waals surface area contributed by atoms with Crippen LogP contribution in [0.4, 0.5) is 5.82 Å². The lowest BCUT2D eigenvalue weighted by Gasteiger charge is -2.16. The summed E-state index contributed by atoms with van der Waals surface area (Å²) in [7, 11) is 0. The molecule has 10 nitrogen and oxygen atoms in total. The molecule has 10 heteroatoms. The smallest absolute Gasteiger partial charge is 0.167 e. The number of aliphatic hydroxyl groups excluding tert-OH is 4. The van der Waals surface area contributed by atoms with Gasteiger partial charge in [-0.2, -0.15) is 0 Å². The summed E-state index contributed by atoms with van der Waals surface area (Å²) in [5, 5.41) is 41.4. The highest BCUT2D eigenvalue weighted by Gasteiger charge is 2.44. The zero-order valence-corrected chi connectivity index (χ0v) is 13.6. The zero-order chi connectivity index (χ0) is 18.0. The van der Waals surface area contributed by atoms with Crippen LogP contribution in [0.3, 0.4) is 0 Å². The largest absolute Gasteiger partial charge is 0.394 e. The van der Waals surface area contributed by atoms with Gasteiger partial charge in [-0.05, 0) is 6.92 Å². The summed E-state index contributed by atoms with van der Waals surface area (Å²) in [5.74, 6) is 0.498. The number of aromatic nitrogens is 4. The molecule has 1 aliphatic heterocycles. The van der Waals surface area contributed by atoms with Crippen molar-refractivity contribution in [3.63, 3.8) is 0 Å². The van der Waals surface area contributed by atoms with Crippen molar-refractivity contribution in [2.45, 2.75) is 31.5 Å². The van der Waals surface area contributed by atoms with Gasteiger partial charge in [0.2, 0.25) is 0 Å². The van der Waals surface area contributed by atoms with E-state index in [0.29, 0.717) is 23.5 Å². The number of hydrogen-bond donors (Lipinski definition) is 5. The molecule has 1 aliphatic rings. The van der Waals surface area contributed by atoms with Gasteiger partial charge in [-0.3, -0.25) is 4.57 Å². The molecule has 3 rings (SSSR count). The first-order valence-corrected chi connectivity index (χ1v) is 7.87. The lowest BCUT2D eigenvalue weighted by Crippen LogP contribution is -2.33. The van der Waals surface area contributed by atoms with Crippen LogP contribution in [0.15, 0.2) is 24.3 Å². The van der Waals surface area contributed by atoms with Gasteiger partial charge >= 0.3 is 0 Å². The summed E-state index contributed by atoms with van der Waals surface area (Å²) in [6.45, 7) is 1.85. The van der Waals surface area contributed by atoms with Crippen LogP contribution in [0.5, 0.6) is 0 Å². The van der Waals surface area contributed by atoms with E-state index in [4.69, 9.17) is 9.84 Å². The molecular weight excluding hydrogens is 330 g/mol. The number of anilines is 1. The first-order valence-electron chi connectivity index (χ1n) is 7.87. The molecule has 0 aromatic carbocycles. The van der Waals surface area contributed by atoms with Crippen molar-refractivity contribution in [3.05, 3.63) is 24.3 Å². The second-order valence-electron chi connectivity index (χ2n) is 5.86. The molecule has 0 radical (unpaired) electrons. The molecule has 2 aromatic heterocycles. The van der Waals surface area contributed by atoms with Crippen LogP contribution < -0.4 is 5.32 Å². The highest BCUT2D eigenvalue weighted by molar-refractivity contribution is 5.82. The van der Waals surface area contributed by atoms with E-state index in [1.165, 1.54) is 17.2 Å². The Hall–Kier alpha value is -2.11. The molecule has 1 fully saturated rings. The fourth-order valence-corrected chi connectivity index (χ4v) is 2.66. The Bertz CT molecular complexity index is 764. The SMILES string of the molecule is CC(=CCNc1ncnc2c1ncn2[C@@H]1O[C@@H](CO)[C@@H](O)[C@@H]1O)CO. The van der Waals surface area contributed by atoms with E-state index in [0.717, 1.165) is 5.57 Å². The van der Waals surface area contributed by atoms with Gasteiger partial charge in [-0.25, -0.2) is 15.0 Å². The van der Waals surface area contributed by atoms with E-state index in [1.807, 2.05) is 13.0 Å². The minimum absolute atomic E-state index is 0.0131. The summed E-state index contributed by atoms with van der Waals surface area (Å²) < 4.78 is 7.01. The lowest BCUT2D eigenvalue weighted by atomic mass is 10.1. The van der Waals surface area contributed by atoms with E-state index in [-0.39, 0.29) is 6.61 Å². The maximum absolute atomic E-state index is 10.2. The molecule has 0 saturated carbocycles. The van der Waals surface area contributed by atoms with Gasteiger partial charge in [-0.1, -0.05) is 11.6 Å². The molecule has 4 atom stereocenters. The summed E-state index contributed by atoms with van der Waals surface area (Å²) in [6.07, 6.45) is 0.443. The Morgan fingerprint density at radius 3 is 2.76 bits per heavy atom. The minimum Gasteiger partial charge on any atom is -0.394 e. The van der Waals surface area contributed by atoms with E-state index >= 15 is 0 Å². The third-order valence-electron chi connectivity index (χ3n) is 4.12. The molecule has 1 saturated heterocycles. The van der Waals surface area contributed by atoms with E-state index in [1.54, 1.807) is 0 Å². The highest BCUT2D eigenvalue weighted by Crippen LogP contribution is 2.31. The Kier molecular flexibility index (Phi) is 5.25. The van der Waals surface area contributed by atoms with Crippen molar-refractivity contribution in [1.29, 1.82) is 0 Å². The number of rotatable bonds is 6. The van der Waals surface area contributed by atoms with Gasteiger partial charge in [0.25, 0.3) is 0 Å². The molecule has 0 amide bonds. The van der Waals surface area contributed by atoms with E-state index in [9.17, 15) is 15.3 Å². The van der Waals surface area contributed by atoms with Crippen molar-refractivity contribution in [2.24, 2.45) is 0 Å². The van der Waals surface area contributed by atoms with Crippen molar-refractivity contribution < 1.29 is 25.2 Å². The van der Waals surface area contributed by atoms with E-state index < -0.39 is 31.1 Å². The van der Waals surface area contributed by atoms with Gasteiger partial charge in [0, 0.05) is 6.54 Å². The molecule has 0 bridgehead atoms. The number of hydrogen-bond acceptors (Lipinski definition) is 9. The summed E-state index contributed by atoms with van der Waals surface area (Å²) in [4.78, 5) is 12.6. The van der Waals surface area contributed by atoms with Crippen LogP contribution in [-0.2, 0) is 4.74 Å². The van der Waals surface area contributed by atoms with Gasteiger partial charge < -0.3 is 30.5 Å². The Balaban J connectivity index is 1.86. The molecule has 3 heterocycles. The summed E-state index contributed by atoms with van der Waals surface area (Å²) >= 11 is 0. The Morgan fingerprint density at radius 1 is 1.28 bits per heavy atom. The maximum Gasteiger partial charge on any atom is 0.167 e. The number of fused-ring (bicyclic) bond motifs is 1. The van der Waals surface area contributed by atoms with Crippen molar-refractivity contribution in [1.82, 2.24) is 19.5 Å². The molecule has 0 spiro atoms. The number of ether oxygens (including phenoxy) is 1. The zero-order valence-electron chi connectivity index (χ0n) is 13.6. The van der Waals surface area contributed by atoms with Crippen LogP contribution >= 0.6 is 0 Å². The van der Waals surface area contributed by atoms with Crippen LogP contribution in [0.1, 0.15) is 13.2 Å². The van der Waals surface area contributed by atoms with Gasteiger partial charge in [0.05, 0.1) is 19.5 Å². The molecule has 2 aromatic rings. The number of aliphatic hydroxyl groups is 4. The second kappa shape index (κ2) is 7.42. The Labute approximate surface area is 143 Å².